The summed E-state index contributed by atoms with van der Waals surface area (Å²) in [6, 6.07) is 9.05. The molecule has 0 saturated carbocycles. The van der Waals surface area contributed by atoms with E-state index in [0.29, 0.717) is 23.8 Å². The van der Waals surface area contributed by atoms with E-state index in [4.69, 9.17) is 15.2 Å². The topological polar surface area (TPSA) is 69.4 Å². The fourth-order valence-corrected chi connectivity index (χ4v) is 1.89. The Morgan fingerprint density at radius 1 is 1.21 bits per heavy atom. The summed E-state index contributed by atoms with van der Waals surface area (Å²) in [5.41, 5.74) is 6.36. The van der Waals surface area contributed by atoms with Gasteiger partial charge in [-0.1, -0.05) is 0 Å². The van der Waals surface area contributed by atoms with Crippen LogP contribution in [0.5, 0.6) is 17.2 Å². The van der Waals surface area contributed by atoms with Gasteiger partial charge in [-0.2, -0.15) is 0 Å². The Hall–Kier alpha value is -2.43. The summed E-state index contributed by atoms with van der Waals surface area (Å²) in [5, 5.41) is 3.22. The molecule has 0 amide bonds. The molecule has 5 nitrogen and oxygen atoms in total. The SMILES string of the molecule is Nc1ccc(Oc2ccnc3c2OCCCN3)cc1. The lowest BCUT2D eigenvalue weighted by molar-refractivity contribution is 0.307. The van der Waals surface area contributed by atoms with Crippen LogP contribution in [0.25, 0.3) is 0 Å². The fourth-order valence-electron chi connectivity index (χ4n) is 1.89. The van der Waals surface area contributed by atoms with Crippen molar-refractivity contribution in [3.63, 3.8) is 0 Å². The molecule has 0 unspecified atom stereocenters. The average Bonchev–Trinajstić information content (AvgIpc) is 2.67. The Morgan fingerprint density at radius 2 is 2.05 bits per heavy atom. The van der Waals surface area contributed by atoms with Gasteiger partial charge in [-0.05, 0) is 30.7 Å². The first-order valence-corrected chi connectivity index (χ1v) is 6.22. The largest absolute Gasteiger partial charge is 0.486 e. The molecule has 1 aliphatic heterocycles. The maximum absolute atomic E-state index is 5.83. The molecule has 1 aromatic heterocycles. The maximum Gasteiger partial charge on any atom is 0.204 e. The van der Waals surface area contributed by atoms with Crippen LogP contribution in [-0.4, -0.2) is 18.1 Å². The first-order chi connectivity index (χ1) is 9.33. The number of rotatable bonds is 2. The standard InChI is InChI=1S/C14H15N3O2/c15-10-2-4-11(5-3-10)19-12-6-8-17-14-13(12)18-9-1-7-16-14/h2-6,8H,1,7,9,15H2,(H,16,17). The summed E-state index contributed by atoms with van der Waals surface area (Å²) >= 11 is 0. The minimum Gasteiger partial charge on any atom is -0.486 e. The van der Waals surface area contributed by atoms with Crippen molar-refractivity contribution < 1.29 is 9.47 Å². The first-order valence-electron chi connectivity index (χ1n) is 6.22. The van der Waals surface area contributed by atoms with Crippen molar-refractivity contribution in [2.75, 3.05) is 24.2 Å². The minimum atomic E-state index is 0.657. The van der Waals surface area contributed by atoms with Gasteiger partial charge < -0.3 is 20.5 Å². The van der Waals surface area contributed by atoms with Crippen LogP contribution in [0.15, 0.2) is 36.5 Å². The van der Waals surface area contributed by atoms with Gasteiger partial charge >= 0.3 is 0 Å². The summed E-state index contributed by atoms with van der Waals surface area (Å²) in [6.45, 7) is 1.51. The molecule has 2 heterocycles. The lowest BCUT2D eigenvalue weighted by Crippen LogP contribution is -2.01. The fraction of sp³-hybridized carbons (Fsp3) is 0.214. The summed E-state index contributed by atoms with van der Waals surface area (Å²) in [6.07, 6.45) is 2.64. The number of nitrogens with one attached hydrogen (secondary N) is 1. The van der Waals surface area contributed by atoms with E-state index in [2.05, 4.69) is 10.3 Å². The molecule has 0 atom stereocenters. The summed E-state index contributed by atoms with van der Waals surface area (Å²) in [5.74, 6) is 2.77. The van der Waals surface area contributed by atoms with E-state index in [9.17, 15) is 0 Å². The highest BCUT2D eigenvalue weighted by atomic mass is 16.5. The van der Waals surface area contributed by atoms with Crippen LogP contribution >= 0.6 is 0 Å². The van der Waals surface area contributed by atoms with E-state index in [1.54, 1.807) is 24.4 Å². The van der Waals surface area contributed by atoms with Crippen LogP contribution in [0.1, 0.15) is 6.42 Å². The van der Waals surface area contributed by atoms with Crippen LogP contribution in [0.3, 0.4) is 0 Å². The normalized spacial score (nSPS) is 13.7. The number of anilines is 2. The van der Waals surface area contributed by atoms with E-state index < -0.39 is 0 Å². The van der Waals surface area contributed by atoms with Crippen molar-refractivity contribution >= 4 is 11.5 Å². The lowest BCUT2D eigenvalue weighted by Gasteiger charge is -2.12. The number of ether oxygens (including phenoxy) is 2. The molecule has 3 N–H and O–H groups in total. The Balaban J connectivity index is 1.90. The molecule has 98 valence electrons. The predicted octanol–water partition coefficient (Wildman–Crippen LogP) is 2.65. The van der Waals surface area contributed by atoms with Gasteiger partial charge in [0.2, 0.25) is 5.75 Å². The molecule has 0 fully saturated rings. The molecule has 3 rings (SSSR count). The third-order valence-electron chi connectivity index (χ3n) is 2.84. The molecule has 0 bridgehead atoms. The van der Waals surface area contributed by atoms with Crippen LogP contribution in [0, 0.1) is 0 Å². The second kappa shape index (κ2) is 5.06. The number of benzene rings is 1. The van der Waals surface area contributed by atoms with Gasteiger partial charge in [0.1, 0.15) is 5.75 Å². The van der Waals surface area contributed by atoms with Gasteiger partial charge in [0, 0.05) is 24.5 Å². The summed E-state index contributed by atoms with van der Waals surface area (Å²) < 4.78 is 11.5. The average molecular weight is 257 g/mol. The minimum absolute atomic E-state index is 0.657. The maximum atomic E-state index is 5.83. The third-order valence-corrected chi connectivity index (χ3v) is 2.84. The number of nitrogen functional groups attached to an aromatic ring is 1. The number of aromatic nitrogens is 1. The van der Waals surface area contributed by atoms with E-state index in [0.717, 1.165) is 24.5 Å². The Morgan fingerprint density at radius 3 is 2.89 bits per heavy atom. The van der Waals surface area contributed by atoms with Crippen LogP contribution < -0.4 is 20.5 Å². The van der Waals surface area contributed by atoms with Gasteiger partial charge in [-0.25, -0.2) is 4.98 Å². The van der Waals surface area contributed by atoms with E-state index in [1.165, 1.54) is 0 Å². The second-order valence-corrected chi connectivity index (χ2v) is 4.29. The van der Waals surface area contributed by atoms with E-state index in [1.807, 2.05) is 12.1 Å². The number of hydrogen-bond acceptors (Lipinski definition) is 5. The Kier molecular flexibility index (Phi) is 3.10. The molecule has 19 heavy (non-hydrogen) atoms. The van der Waals surface area contributed by atoms with Crippen molar-refractivity contribution in [2.24, 2.45) is 0 Å². The smallest absolute Gasteiger partial charge is 0.204 e. The van der Waals surface area contributed by atoms with Crippen LogP contribution in [0.2, 0.25) is 0 Å². The molecular formula is C14H15N3O2. The van der Waals surface area contributed by atoms with Crippen molar-refractivity contribution in [1.82, 2.24) is 4.98 Å². The Labute approximate surface area is 111 Å². The van der Waals surface area contributed by atoms with Gasteiger partial charge in [0.15, 0.2) is 11.6 Å². The highest BCUT2D eigenvalue weighted by molar-refractivity contribution is 5.59. The first kappa shape index (κ1) is 11.6. The van der Waals surface area contributed by atoms with Crippen LogP contribution in [0.4, 0.5) is 11.5 Å². The van der Waals surface area contributed by atoms with Crippen molar-refractivity contribution in [2.45, 2.75) is 6.42 Å². The zero-order valence-electron chi connectivity index (χ0n) is 10.4. The van der Waals surface area contributed by atoms with E-state index in [-0.39, 0.29) is 0 Å². The van der Waals surface area contributed by atoms with Crippen LogP contribution in [-0.2, 0) is 0 Å². The predicted molar refractivity (Wildman–Crippen MR) is 73.8 cm³/mol. The van der Waals surface area contributed by atoms with Crippen molar-refractivity contribution in [1.29, 1.82) is 0 Å². The zero-order chi connectivity index (χ0) is 13.1. The number of nitrogens with zero attached hydrogens (tertiary/aromatic N) is 1. The van der Waals surface area contributed by atoms with E-state index >= 15 is 0 Å². The molecule has 1 aliphatic rings. The molecule has 0 spiro atoms. The van der Waals surface area contributed by atoms with Gasteiger partial charge in [0.25, 0.3) is 0 Å². The van der Waals surface area contributed by atoms with Crippen molar-refractivity contribution in [3.05, 3.63) is 36.5 Å². The summed E-state index contributed by atoms with van der Waals surface area (Å²) in [4.78, 5) is 4.26. The molecule has 5 heteroatoms. The molecule has 0 radical (unpaired) electrons. The van der Waals surface area contributed by atoms with Gasteiger partial charge in [0.05, 0.1) is 6.61 Å². The quantitative estimate of drug-likeness (QED) is 0.809. The van der Waals surface area contributed by atoms with Crippen molar-refractivity contribution in [3.8, 4) is 17.2 Å². The highest BCUT2D eigenvalue weighted by Gasteiger charge is 2.15. The van der Waals surface area contributed by atoms with Gasteiger partial charge in [-0.15, -0.1) is 0 Å². The molecular weight excluding hydrogens is 242 g/mol. The van der Waals surface area contributed by atoms with Gasteiger partial charge in [-0.3, -0.25) is 0 Å². The number of nitrogens with two attached hydrogens (primary N) is 1. The lowest BCUT2D eigenvalue weighted by atomic mass is 10.3. The zero-order valence-corrected chi connectivity index (χ0v) is 10.4. The second-order valence-electron chi connectivity index (χ2n) is 4.29. The highest BCUT2D eigenvalue weighted by Crippen LogP contribution is 2.37. The monoisotopic (exact) mass is 257 g/mol. The Bertz CT molecular complexity index is 569. The molecule has 0 aliphatic carbocycles. The third kappa shape index (κ3) is 2.54. The number of hydrogen-bond donors (Lipinski definition) is 2. The number of fused-ring (bicyclic) bond motifs is 1. The molecule has 1 aromatic carbocycles. The summed E-state index contributed by atoms with van der Waals surface area (Å²) in [7, 11) is 0. The molecule has 0 saturated heterocycles. The number of pyridine rings is 1. The molecule has 2 aromatic rings.